The van der Waals surface area contributed by atoms with E-state index in [1.165, 1.54) is 0 Å². The monoisotopic (exact) mass is 440 g/mol. The van der Waals surface area contributed by atoms with Crippen LogP contribution in [0.5, 0.6) is 17.2 Å². The Morgan fingerprint density at radius 2 is 1.72 bits per heavy atom. The summed E-state index contributed by atoms with van der Waals surface area (Å²) in [6, 6.07) is 14.3. The maximum absolute atomic E-state index is 12.6. The summed E-state index contributed by atoms with van der Waals surface area (Å²) >= 11 is 0. The molecule has 8 nitrogen and oxygen atoms in total. The SMILES string of the molecule is COc1cccc(Oc2cccc(C(=O)NC3COC4CCOC34)c2)c1.NC(=O)C1CC1. The Hall–Kier alpha value is -3.10. The summed E-state index contributed by atoms with van der Waals surface area (Å²) in [7, 11) is 1.61. The van der Waals surface area contributed by atoms with Gasteiger partial charge in [-0.3, -0.25) is 9.59 Å². The molecule has 2 aromatic carbocycles. The molecular weight excluding hydrogens is 412 g/mol. The molecule has 3 fully saturated rings. The Morgan fingerprint density at radius 3 is 2.41 bits per heavy atom. The van der Waals surface area contributed by atoms with E-state index in [1.54, 1.807) is 31.4 Å². The van der Waals surface area contributed by atoms with Crippen LogP contribution in [0.15, 0.2) is 48.5 Å². The molecule has 0 bridgehead atoms. The first kappa shape index (κ1) is 22.1. The molecule has 3 aliphatic rings. The fourth-order valence-electron chi connectivity index (χ4n) is 3.71. The highest BCUT2D eigenvalue weighted by Crippen LogP contribution is 2.28. The van der Waals surface area contributed by atoms with E-state index in [0.29, 0.717) is 36.0 Å². The molecule has 1 aliphatic carbocycles. The lowest BCUT2D eigenvalue weighted by molar-refractivity contribution is -0.119. The summed E-state index contributed by atoms with van der Waals surface area (Å²) in [6.45, 7) is 1.17. The van der Waals surface area contributed by atoms with Gasteiger partial charge in [-0.1, -0.05) is 12.1 Å². The predicted molar refractivity (Wildman–Crippen MR) is 117 cm³/mol. The normalized spacial score (nSPS) is 23.5. The van der Waals surface area contributed by atoms with Crippen molar-refractivity contribution in [1.82, 2.24) is 5.32 Å². The zero-order chi connectivity index (χ0) is 22.5. The molecule has 3 unspecified atom stereocenters. The summed E-state index contributed by atoms with van der Waals surface area (Å²) in [5.41, 5.74) is 5.39. The van der Waals surface area contributed by atoms with Crippen molar-refractivity contribution in [2.24, 2.45) is 11.7 Å². The number of primary amides is 1. The molecule has 3 atom stereocenters. The third-order valence-electron chi connectivity index (χ3n) is 5.63. The van der Waals surface area contributed by atoms with Crippen molar-refractivity contribution in [3.63, 3.8) is 0 Å². The number of benzene rings is 2. The number of nitrogens with two attached hydrogens (primary N) is 1. The van der Waals surface area contributed by atoms with Crippen LogP contribution in [0.4, 0.5) is 0 Å². The number of hydrogen-bond acceptors (Lipinski definition) is 6. The molecule has 170 valence electrons. The largest absolute Gasteiger partial charge is 0.497 e. The zero-order valence-corrected chi connectivity index (χ0v) is 18.0. The first-order chi connectivity index (χ1) is 15.5. The Balaban J connectivity index is 0.000000354. The zero-order valence-electron chi connectivity index (χ0n) is 18.0. The topological polar surface area (TPSA) is 109 Å². The highest BCUT2D eigenvalue weighted by molar-refractivity contribution is 5.94. The number of rotatable bonds is 6. The Morgan fingerprint density at radius 1 is 1.00 bits per heavy atom. The van der Waals surface area contributed by atoms with Crippen molar-refractivity contribution in [2.45, 2.75) is 37.5 Å². The van der Waals surface area contributed by atoms with Crippen LogP contribution in [0.3, 0.4) is 0 Å². The molecule has 2 aromatic rings. The number of carbonyl (C=O) groups excluding carboxylic acids is 2. The molecule has 8 heteroatoms. The summed E-state index contributed by atoms with van der Waals surface area (Å²) < 4.78 is 22.4. The van der Waals surface area contributed by atoms with E-state index in [9.17, 15) is 9.59 Å². The van der Waals surface area contributed by atoms with Crippen molar-refractivity contribution in [1.29, 1.82) is 0 Å². The van der Waals surface area contributed by atoms with Gasteiger partial charge in [-0.15, -0.1) is 0 Å². The summed E-state index contributed by atoms with van der Waals surface area (Å²) in [4.78, 5) is 22.6. The molecule has 0 aromatic heterocycles. The highest BCUT2D eigenvalue weighted by atomic mass is 16.6. The van der Waals surface area contributed by atoms with Gasteiger partial charge in [0, 0.05) is 24.2 Å². The summed E-state index contributed by atoms with van der Waals surface area (Å²) in [6.07, 6.45) is 2.99. The van der Waals surface area contributed by atoms with Crippen molar-refractivity contribution in [3.8, 4) is 17.2 Å². The fraction of sp³-hybridized carbons (Fsp3) is 0.417. The molecule has 2 amide bonds. The minimum absolute atomic E-state index is 0.0461. The molecule has 2 aliphatic heterocycles. The lowest BCUT2D eigenvalue weighted by Crippen LogP contribution is -2.43. The Kier molecular flexibility index (Phi) is 6.92. The van der Waals surface area contributed by atoms with Crippen molar-refractivity contribution >= 4 is 11.8 Å². The lowest BCUT2D eigenvalue weighted by Gasteiger charge is -2.17. The van der Waals surface area contributed by atoms with Crippen molar-refractivity contribution < 1.29 is 28.5 Å². The molecule has 2 saturated heterocycles. The molecular formula is C24H28N2O6. The average Bonchev–Trinajstić information content (AvgIpc) is 3.45. The number of fused-ring (bicyclic) bond motifs is 1. The van der Waals surface area contributed by atoms with Gasteiger partial charge in [0.2, 0.25) is 5.91 Å². The summed E-state index contributed by atoms with van der Waals surface area (Å²) in [5.74, 6) is 1.89. The predicted octanol–water partition coefficient (Wildman–Crippen LogP) is 2.66. The van der Waals surface area contributed by atoms with E-state index in [1.807, 2.05) is 24.3 Å². The van der Waals surface area contributed by atoms with Crippen molar-refractivity contribution in [3.05, 3.63) is 54.1 Å². The van der Waals surface area contributed by atoms with Crippen molar-refractivity contribution in [2.75, 3.05) is 20.3 Å². The van der Waals surface area contributed by atoms with Gasteiger partial charge in [-0.05, 0) is 49.6 Å². The molecule has 5 rings (SSSR count). The minimum Gasteiger partial charge on any atom is -0.497 e. The van der Waals surface area contributed by atoms with Gasteiger partial charge in [0.05, 0.1) is 25.9 Å². The second kappa shape index (κ2) is 10.0. The van der Waals surface area contributed by atoms with E-state index in [0.717, 1.165) is 19.3 Å². The van der Waals surface area contributed by atoms with Gasteiger partial charge in [-0.2, -0.15) is 0 Å². The van der Waals surface area contributed by atoms with E-state index in [2.05, 4.69) is 5.32 Å². The number of amides is 2. The maximum atomic E-state index is 12.6. The molecule has 0 radical (unpaired) electrons. The molecule has 3 N–H and O–H groups in total. The minimum atomic E-state index is -0.161. The van der Waals surface area contributed by atoms with Gasteiger partial charge >= 0.3 is 0 Å². The Labute approximate surface area is 187 Å². The van der Waals surface area contributed by atoms with Crippen LogP contribution in [-0.2, 0) is 14.3 Å². The third-order valence-corrected chi connectivity index (χ3v) is 5.63. The number of hydrogen-bond donors (Lipinski definition) is 2. The van der Waals surface area contributed by atoms with E-state index < -0.39 is 0 Å². The highest BCUT2D eigenvalue weighted by Gasteiger charge is 2.42. The van der Waals surface area contributed by atoms with Gasteiger partial charge in [0.1, 0.15) is 23.4 Å². The van der Waals surface area contributed by atoms with Gasteiger partial charge < -0.3 is 30.0 Å². The molecule has 32 heavy (non-hydrogen) atoms. The van der Waals surface area contributed by atoms with E-state index in [4.69, 9.17) is 24.7 Å². The van der Waals surface area contributed by atoms with E-state index >= 15 is 0 Å². The van der Waals surface area contributed by atoms with Gasteiger partial charge in [-0.25, -0.2) is 0 Å². The smallest absolute Gasteiger partial charge is 0.251 e. The quantitative estimate of drug-likeness (QED) is 0.715. The van der Waals surface area contributed by atoms with Gasteiger partial charge in [0.25, 0.3) is 5.91 Å². The lowest BCUT2D eigenvalue weighted by atomic mass is 10.1. The third kappa shape index (κ3) is 5.57. The van der Waals surface area contributed by atoms with Crippen LogP contribution in [0.25, 0.3) is 0 Å². The molecule has 0 spiro atoms. The summed E-state index contributed by atoms with van der Waals surface area (Å²) in [5, 5.41) is 3.01. The van der Waals surface area contributed by atoms with Crippen LogP contribution in [0.2, 0.25) is 0 Å². The average molecular weight is 440 g/mol. The van der Waals surface area contributed by atoms with E-state index in [-0.39, 0.29) is 36.0 Å². The first-order valence-electron chi connectivity index (χ1n) is 10.8. The van der Waals surface area contributed by atoms with Crippen LogP contribution in [0.1, 0.15) is 29.6 Å². The van der Waals surface area contributed by atoms with Crippen LogP contribution in [0, 0.1) is 5.92 Å². The first-order valence-corrected chi connectivity index (χ1v) is 10.8. The van der Waals surface area contributed by atoms with Crippen LogP contribution < -0.4 is 20.5 Å². The van der Waals surface area contributed by atoms with Gasteiger partial charge in [0.15, 0.2) is 0 Å². The molecule has 1 saturated carbocycles. The number of methoxy groups -OCH3 is 1. The second-order valence-electron chi connectivity index (χ2n) is 8.06. The number of ether oxygens (including phenoxy) is 4. The second-order valence-corrected chi connectivity index (χ2v) is 8.06. The number of nitrogens with one attached hydrogen (secondary N) is 1. The van der Waals surface area contributed by atoms with Crippen LogP contribution >= 0.6 is 0 Å². The standard InChI is InChI=1S/C20H21NO5.C4H7NO/c1-23-14-5-3-7-16(11-14)26-15-6-2-4-13(10-15)20(22)21-17-12-25-18-8-9-24-19(17)18;5-4(6)3-1-2-3/h2-7,10-11,17-19H,8-9,12H2,1H3,(H,21,22);3H,1-2H2,(H2,5,6). The van der Waals surface area contributed by atoms with Crippen LogP contribution in [-0.4, -0.2) is 50.4 Å². The Bertz CT molecular complexity index is 961. The molecule has 2 heterocycles. The maximum Gasteiger partial charge on any atom is 0.251 e. The fourth-order valence-corrected chi connectivity index (χ4v) is 3.71. The number of carbonyl (C=O) groups is 2.